The SMILES string of the molecule is COCCNC(=O)c1cccc(-c2cccc3cc(Cc4ccc(Cl)c(F)c4)sc23)c1. The van der Waals surface area contributed by atoms with Gasteiger partial charge in [0.2, 0.25) is 0 Å². The molecule has 0 saturated heterocycles. The second-order valence-corrected chi connectivity index (χ2v) is 8.74. The lowest BCUT2D eigenvalue weighted by Gasteiger charge is -2.08. The second-order valence-electron chi connectivity index (χ2n) is 7.19. The maximum absolute atomic E-state index is 13.8. The number of carbonyl (C=O) groups is 1. The van der Waals surface area contributed by atoms with Gasteiger partial charge in [0.05, 0.1) is 11.6 Å². The van der Waals surface area contributed by atoms with E-state index in [1.54, 1.807) is 30.6 Å². The summed E-state index contributed by atoms with van der Waals surface area (Å²) in [6.45, 7) is 0.939. The first kappa shape index (κ1) is 21.5. The fraction of sp³-hybridized carbons (Fsp3) is 0.160. The molecule has 0 aliphatic rings. The van der Waals surface area contributed by atoms with E-state index in [-0.39, 0.29) is 10.9 Å². The van der Waals surface area contributed by atoms with Gasteiger partial charge in [-0.05, 0) is 52.4 Å². The quantitative estimate of drug-likeness (QED) is 0.332. The Morgan fingerprint density at radius 1 is 1.10 bits per heavy atom. The molecule has 0 bridgehead atoms. The van der Waals surface area contributed by atoms with Crippen LogP contribution in [-0.2, 0) is 11.2 Å². The van der Waals surface area contributed by atoms with Gasteiger partial charge in [0.15, 0.2) is 0 Å². The number of hydrogen-bond acceptors (Lipinski definition) is 3. The number of amides is 1. The van der Waals surface area contributed by atoms with E-state index in [9.17, 15) is 9.18 Å². The number of ether oxygens (including phenoxy) is 1. The van der Waals surface area contributed by atoms with E-state index in [0.29, 0.717) is 25.1 Å². The molecule has 0 unspecified atom stereocenters. The highest BCUT2D eigenvalue weighted by molar-refractivity contribution is 7.19. The van der Waals surface area contributed by atoms with Crippen LogP contribution in [0.25, 0.3) is 21.2 Å². The van der Waals surface area contributed by atoms with Crippen LogP contribution in [-0.4, -0.2) is 26.2 Å². The normalized spacial score (nSPS) is 11.1. The molecule has 1 heterocycles. The Kier molecular flexibility index (Phi) is 6.66. The predicted octanol–water partition coefficient (Wildman–Crippen LogP) is 6.33. The molecule has 0 spiro atoms. The van der Waals surface area contributed by atoms with Gasteiger partial charge in [0.1, 0.15) is 5.82 Å². The van der Waals surface area contributed by atoms with Gasteiger partial charge in [-0.25, -0.2) is 4.39 Å². The topological polar surface area (TPSA) is 38.3 Å². The van der Waals surface area contributed by atoms with Crippen molar-refractivity contribution in [1.82, 2.24) is 5.32 Å². The van der Waals surface area contributed by atoms with E-state index in [1.165, 1.54) is 6.07 Å². The van der Waals surface area contributed by atoms with Crippen molar-refractivity contribution >= 4 is 38.9 Å². The maximum atomic E-state index is 13.8. The summed E-state index contributed by atoms with van der Waals surface area (Å²) in [6.07, 6.45) is 0.634. The van der Waals surface area contributed by atoms with Crippen molar-refractivity contribution < 1.29 is 13.9 Å². The summed E-state index contributed by atoms with van der Waals surface area (Å²) >= 11 is 7.48. The fourth-order valence-corrected chi connectivity index (χ4v) is 4.82. The van der Waals surface area contributed by atoms with Crippen LogP contribution in [0.15, 0.2) is 66.7 Å². The minimum Gasteiger partial charge on any atom is -0.383 e. The Morgan fingerprint density at radius 3 is 2.74 bits per heavy atom. The number of nitrogens with one attached hydrogen (secondary N) is 1. The molecule has 0 aliphatic heterocycles. The molecule has 3 aromatic carbocycles. The number of fused-ring (bicyclic) bond motifs is 1. The maximum Gasteiger partial charge on any atom is 0.251 e. The lowest BCUT2D eigenvalue weighted by atomic mass is 10.0. The van der Waals surface area contributed by atoms with Gasteiger partial charge in [-0.1, -0.05) is 48.0 Å². The third-order valence-corrected chi connectivity index (χ3v) is 6.48. The molecule has 1 aromatic heterocycles. The molecule has 0 aliphatic carbocycles. The highest BCUT2D eigenvalue weighted by Crippen LogP contribution is 2.36. The smallest absolute Gasteiger partial charge is 0.251 e. The van der Waals surface area contributed by atoms with Gasteiger partial charge in [0.25, 0.3) is 5.91 Å². The number of benzene rings is 3. The lowest BCUT2D eigenvalue weighted by Crippen LogP contribution is -2.26. The molecule has 31 heavy (non-hydrogen) atoms. The summed E-state index contributed by atoms with van der Waals surface area (Å²) in [4.78, 5) is 13.6. The zero-order valence-electron chi connectivity index (χ0n) is 17.0. The molecule has 3 nitrogen and oxygen atoms in total. The summed E-state index contributed by atoms with van der Waals surface area (Å²) in [5.41, 5.74) is 3.54. The highest BCUT2D eigenvalue weighted by Gasteiger charge is 2.12. The molecule has 1 amide bonds. The minimum atomic E-state index is -0.401. The van der Waals surface area contributed by atoms with Gasteiger partial charge < -0.3 is 10.1 Å². The molecule has 0 atom stereocenters. The number of halogens is 2. The third-order valence-electron chi connectivity index (χ3n) is 4.99. The van der Waals surface area contributed by atoms with Crippen LogP contribution in [0.2, 0.25) is 5.02 Å². The summed E-state index contributed by atoms with van der Waals surface area (Å²) in [5.74, 6) is -0.524. The van der Waals surface area contributed by atoms with Gasteiger partial charge in [-0.15, -0.1) is 11.3 Å². The summed E-state index contributed by atoms with van der Waals surface area (Å²) in [6, 6.07) is 20.8. The Hall–Kier alpha value is -2.73. The number of thiophene rings is 1. The first-order chi connectivity index (χ1) is 15.0. The second kappa shape index (κ2) is 9.60. The van der Waals surface area contributed by atoms with Crippen molar-refractivity contribution in [2.24, 2.45) is 0 Å². The first-order valence-electron chi connectivity index (χ1n) is 9.88. The van der Waals surface area contributed by atoms with Crippen molar-refractivity contribution in [3.05, 3.63) is 93.6 Å². The third kappa shape index (κ3) is 4.96. The van der Waals surface area contributed by atoms with Crippen molar-refractivity contribution in [1.29, 1.82) is 0 Å². The van der Waals surface area contributed by atoms with Crippen LogP contribution in [0.4, 0.5) is 4.39 Å². The van der Waals surface area contributed by atoms with E-state index in [4.69, 9.17) is 16.3 Å². The van der Waals surface area contributed by atoms with Crippen LogP contribution in [0.3, 0.4) is 0 Å². The summed E-state index contributed by atoms with van der Waals surface area (Å²) < 4.78 is 19.9. The van der Waals surface area contributed by atoms with Crippen molar-refractivity contribution in [3.63, 3.8) is 0 Å². The zero-order chi connectivity index (χ0) is 21.8. The van der Waals surface area contributed by atoms with Crippen LogP contribution in [0.1, 0.15) is 20.8 Å². The molecule has 0 radical (unpaired) electrons. The van der Waals surface area contributed by atoms with Crippen LogP contribution >= 0.6 is 22.9 Å². The van der Waals surface area contributed by atoms with Crippen LogP contribution in [0, 0.1) is 5.82 Å². The number of methoxy groups -OCH3 is 1. The van der Waals surface area contributed by atoms with E-state index in [2.05, 4.69) is 23.5 Å². The largest absolute Gasteiger partial charge is 0.383 e. The standard InChI is InChI=1S/C25H21ClFNO2S/c1-30-11-10-28-25(29)19-6-2-4-17(14-19)21-7-3-5-18-15-20(31-24(18)21)12-16-8-9-22(26)23(27)13-16/h2-9,13-15H,10-12H2,1H3,(H,28,29). The monoisotopic (exact) mass is 453 g/mol. The molecular weight excluding hydrogens is 433 g/mol. The Balaban J connectivity index is 1.63. The van der Waals surface area contributed by atoms with E-state index in [0.717, 1.165) is 31.7 Å². The molecule has 0 saturated carbocycles. The van der Waals surface area contributed by atoms with E-state index in [1.807, 2.05) is 30.3 Å². The Bertz CT molecular complexity index is 1240. The van der Waals surface area contributed by atoms with Gasteiger partial charge >= 0.3 is 0 Å². The van der Waals surface area contributed by atoms with Gasteiger partial charge in [-0.2, -0.15) is 0 Å². The Labute approximate surface area is 189 Å². The number of carbonyl (C=O) groups excluding carboxylic acids is 1. The van der Waals surface area contributed by atoms with Crippen LogP contribution in [0.5, 0.6) is 0 Å². The lowest BCUT2D eigenvalue weighted by molar-refractivity contribution is 0.0937. The molecule has 158 valence electrons. The summed E-state index contributed by atoms with van der Waals surface area (Å²) in [7, 11) is 1.60. The number of rotatable bonds is 7. The number of hydrogen-bond donors (Lipinski definition) is 1. The van der Waals surface area contributed by atoms with Gasteiger partial charge in [0, 0.05) is 35.2 Å². The average molecular weight is 454 g/mol. The molecule has 1 N–H and O–H groups in total. The minimum absolute atomic E-state index is 0.122. The highest BCUT2D eigenvalue weighted by atomic mass is 35.5. The first-order valence-corrected chi connectivity index (χ1v) is 11.1. The molecule has 0 fully saturated rings. The predicted molar refractivity (Wildman–Crippen MR) is 126 cm³/mol. The molecular formula is C25H21ClFNO2S. The Morgan fingerprint density at radius 2 is 1.94 bits per heavy atom. The van der Waals surface area contributed by atoms with Crippen molar-refractivity contribution in [3.8, 4) is 11.1 Å². The van der Waals surface area contributed by atoms with Gasteiger partial charge in [-0.3, -0.25) is 4.79 Å². The van der Waals surface area contributed by atoms with Crippen molar-refractivity contribution in [2.45, 2.75) is 6.42 Å². The molecule has 4 rings (SSSR count). The van der Waals surface area contributed by atoms with Crippen molar-refractivity contribution in [2.75, 3.05) is 20.3 Å². The van der Waals surface area contributed by atoms with E-state index >= 15 is 0 Å². The molecule has 6 heteroatoms. The zero-order valence-corrected chi connectivity index (χ0v) is 18.5. The summed E-state index contributed by atoms with van der Waals surface area (Å²) in [5, 5.41) is 4.11. The van der Waals surface area contributed by atoms with Crippen LogP contribution < -0.4 is 5.32 Å². The van der Waals surface area contributed by atoms with E-state index < -0.39 is 5.82 Å². The fourth-order valence-electron chi connectivity index (χ4n) is 3.48. The average Bonchev–Trinajstić information content (AvgIpc) is 3.19. The molecule has 4 aromatic rings.